The van der Waals surface area contributed by atoms with E-state index in [0.29, 0.717) is 0 Å². The fraction of sp³-hybridized carbons (Fsp3) is 0.167. The molecule has 2 aliphatic rings. The second-order valence-electron chi connectivity index (χ2n) is 3.19. The molecule has 2 aliphatic carbocycles. The molecule has 0 N–H and O–H groups in total. The first kappa shape index (κ1) is 15.2. The Balaban J connectivity index is 0.000000980. The maximum Gasteiger partial charge on any atom is -1.00 e. The van der Waals surface area contributed by atoms with Crippen molar-refractivity contribution in [3.63, 3.8) is 0 Å². The van der Waals surface area contributed by atoms with E-state index < -0.39 is 22.9 Å². The van der Waals surface area contributed by atoms with Gasteiger partial charge < -0.3 is 24.8 Å². The molecule has 0 aliphatic heterocycles. The van der Waals surface area contributed by atoms with Gasteiger partial charge in [-0.15, -0.1) is 0 Å². The Morgan fingerprint density at radius 2 is 2.00 bits per heavy atom. The van der Waals surface area contributed by atoms with Crippen LogP contribution in [0.1, 0.15) is 12.8 Å². The van der Waals surface area contributed by atoms with E-state index in [1.54, 1.807) is 6.66 Å². The fourth-order valence-corrected chi connectivity index (χ4v) is 6.37. The van der Waals surface area contributed by atoms with Gasteiger partial charge in [-0.25, -0.2) is 0 Å². The molecule has 2 rings (SSSR count). The summed E-state index contributed by atoms with van der Waals surface area (Å²) in [6.45, 7) is 3.85. The molecule has 78 valence electrons. The van der Waals surface area contributed by atoms with Crippen LogP contribution in [0.5, 0.6) is 0 Å². The van der Waals surface area contributed by atoms with Gasteiger partial charge in [0.15, 0.2) is 0 Å². The number of halogens is 2. The Bertz CT molecular complexity index is 349. The van der Waals surface area contributed by atoms with Crippen LogP contribution < -0.4 is 24.8 Å². The Morgan fingerprint density at radius 1 is 1.20 bits per heavy atom. The normalized spacial score (nSPS) is 16.7. The topological polar surface area (TPSA) is 0 Å². The zero-order valence-electron chi connectivity index (χ0n) is 8.34. The number of rotatable bonds is 3. The van der Waals surface area contributed by atoms with Gasteiger partial charge in [-0.05, 0) is 0 Å². The SMILES string of the molecule is C=CC1=[C]([Hf+2][C]2=CC=CC2)CC=C1.[Cl-].[Cl-]. The van der Waals surface area contributed by atoms with Crippen molar-refractivity contribution in [1.29, 1.82) is 0 Å². The van der Waals surface area contributed by atoms with E-state index >= 15 is 0 Å². The van der Waals surface area contributed by atoms with Crippen molar-refractivity contribution < 1.29 is 47.7 Å². The molecule has 0 aromatic heterocycles. The predicted octanol–water partition coefficient (Wildman–Crippen LogP) is -2.68. The summed E-state index contributed by atoms with van der Waals surface area (Å²) in [5.74, 6) is 0. The van der Waals surface area contributed by atoms with Crippen LogP contribution in [0.15, 0.2) is 55.3 Å². The van der Waals surface area contributed by atoms with Crippen LogP contribution in [0.2, 0.25) is 0 Å². The van der Waals surface area contributed by atoms with Crippen LogP contribution in [0.25, 0.3) is 0 Å². The summed E-state index contributed by atoms with van der Waals surface area (Å²) in [6, 6.07) is 0. The summed E-state index contributed by atoms with van der Waals surface area (Å²) in [5, 5.41) is 0. The summed E-state index contributed by atoms with van der Waals surface area (Å²) in [6.07, 6.45) is 15.7. The third-order valence-corrected chi connectivity index (χ3v) is 7.61. The van der Waals surface area contributed by atoms with Crippen molar-refractivity contribution in [3.8, 4) is 0 Å². The second kappa shape index (κ2) is 7.43. The zero-order chi connectivity index (χ0) is 9.10. The van der Waals surface area contributed by atoms with Crippen LogP contribution in [-0.2, 0) is 22.9 Å². The summed E-state index contributed by atoms with van der Waals surface area (Å²) < 4.78 is 3.43. The molecule has 0 heterocycles. The molecule has 0 saturated heterocycles. The molecular formula is C12H12Cl2Hf. The van der Waals surface area contributed by atoms with E-state index in [9.17, 15) is 0 Å². The molecule has 0 atom stereocenters. The molecule has 15 heavy (non-hydrogen) atoms. The van der Waals surface area contributed by atoms with Gasteiger partial charge in [0.05, 0.1) is 0 Å². The Kier molecular flexibility index (Phi) is 7.50. The van der Waals surface area contributed by atoms with Crippen LogP contribution in [0, 0.1) is 0 Å². The van der Waals surface area contributed by atoms with Crippen LogP contribution in [0.3, 0.4) is 0 Å². The van der Waals surface area contributed by atoms with E-state index in [2.05, 4.69) is 37.0 Å². The molecule has 0 radical (unpaired) electrons. The van der Waals surface area contributed by atoms with Gasteiger partial charge in [0, 0.05) is 0 Å². The molecule has 0 unspecified atom stereocenters. The molecule has 0 bridgehead atoms. The van der Waals surface area contributed by atoms with E-state index in [4.69, 9.17) is 0 Å². The largest absolute Gasteiger partial charge is 1.00 e. The van der Waals surface area contributed by atoms with Crippen molar-refractivity contribution in [2.45, 2.75) is 12.8 Å². The Labute approximate surface area is 115 Å². The van der Waals surface area contributed by atoms with Gasteiger partial charge in [0.1, 0.15) is 0 Å². The smallest absolute Gasteiger partial charge is 1.00 e. The summed E-state index contributed by atoms with van der Waals surface area (Å²) in [4.78, 5) is 0. The Hall–Kier alpha value is 0.150. The van der Waals surface area contributed by atoms with Crippen LogP contribution >= 0.6 is 0 Å². The minimum Gasteiger partial charge on any atom is -1.00 e. The first-order valence-corrected chi connectivity index (χ1v) is 8.14. The van der Waals surface area contributed by atoms with Gasteiger partial charge in [-0.2, -0.15) is 0 Å². The third-order valence-electron chi connectivity index (χ3n) is 2.27. The first-order chi connectivity index (χ1) is 6.40. The van der Waals surface area contributed by atoms with Crippen LogP contribution in [-0.4, -0.2) is 0 Å². The molecular weight excluding hydrogens is 394 g/mol. The molecule has 0 fully saturated rings. The maximum absolute atomic E-state index is 3.85. The van der Waals surface area contributed by atoms with E-state index in [-0.39, 0.29) is 24.8 Å². The Morgan fingerprint density at radius 3 is 2.60 bits per heavy atom. The van der Waals surface area contributed by atoms with Gasteiger partial charge in [-0.3, -0.25) is 0 Å². The summed E-state index contributed by atoms with van der Waals surface area (Å²) >= 11 is -0.660. The summed E-state index contributed by atoms with van der Waals surface area (Å²) in [5.41, 5.74) is 1.41. The van der Waals surface area contributed by atoms with Crippen LogP contribution in [0.4, 0.5) is 0 Å². The van der Waals surface area contributed by atoms with E-state index in [0.717, 1.165) is 0 Å². The molecule has 0 spiro atoms. The van der Waals surface area contributed by atoms with E-state index in [1.807, 2.05) is 6.08 Å². The van der Waals surface area contributed by atoms with E-state index in [1.165, 1.54) is 18.4 Å². The molecule has 3 heteroatoms. The van der Waals surface area contributed by atoms with Crippen molar-refractivity contribution in [3.05, 3.63) is 55.3 Å². The van der Waals surface area contributed by atoms with Gasteiger partial charge in [-0.1, -0.05) is 0 Å². The fourth-order valence-electron chi connectivity index (χ4n) is 1.57. The molecule has 0 saturated carbocycles. The minimum atomic E-state index is -0.660. The average Bonchev–Trinajstić information content (AvgIpc) is 2.76. The quantitative estimate of drug-likeness (QED) is 0.449. The summed E-state index contributed by atoms with van der Waals surface area (Å²) in [7, 11) is 0. The van der Waals surface area contributed by atoms with Crippen molar-refractivity contribution in [2.75, 3.05) is 0 Å². The second-order valence-corrected chi connectivity index (χ2v) is 8.57. The van der Waals surface area contributed by atoms with Crippen molar-refractivity contribution in [1.82, 2.24) is 0 Å². The average molecular weight is 406 g/mol. The zero-order valence-corrected chi connectivity index (χ0v) is 13.4. The number of allylic oxidation sites excluding steroid dienone is 9. The first-order valence-electron chi connectivity index (χ1n) is 4.55. The molecule has 0 aromatic carbocycles. The third kappa shape index (κ3) is 3.90. The standard InChI is InChI=1S/C7H7.C5H5.2ClH.Hf/c1-2-7-5-3-4-6-7;1-2-4-5-3-1;;;/h2-3,5H,1,4H2;1-3H,4H2;2*1H;/q;;;;+2/p-2. The number of hydrogen-bond donors (Lipinski definition) is 0. The van der Waals surface area contributed by atoms with Gasteiger partial charge in [0.25, 0.3) is 0 Å². The van der Waals surface area contributed by atoms with Gasteiger partial charge >= 0.3 is 91.0 Å². The number of hydrogen-bond acceptors (Lipinski definition) is 0. The monoisotopic (exact) mass is 406 g/mol. The van der Waals surface area contributed by atoms with Crippen molar-refractivity contribution in [2.24, 2.45) is 0 Å². The maximum atomic E-state index is 3.85. The predicted molar refractivity (Wildman–Crippen MR) is 52.8 cm³/mol. The molecule has 0 amide bonds. The van der Waals surface area contributed by atoms with Crippen molar-refractivity contribution >= 4 is 0 Å². The van der Waals surface area contributed by atoms with Gasteiger partial charge in [0.2, 0.25) is 0 Å². The molecule has 0 aromatic rings. The molecule has 0 nitrogen and oxygen atoms in total. The minimum absolute atomic E-state index is 0.